The first-order valence-electron chi connectivity index (χ1n) is 11.8. The molecule has 3 aromatic carbocycles. The maximum absolute atomic E-state index is 13.8. The zero-order valence-corrected chi connectivity index (χ0v) is 22.0. The molecule has 1 heterocycles. The summed E-state index contributed by atoms with van der Waals surface area (Å²) in [4.78, 5) is 17.6. The van der Waals surface area contributed by atoms with Crippen molar-refractivity contribution in [3.05, 3.63) is 90.3 Å². The Hall–Kier alpha value is -3.65. The van der Waals surface area contributed by atoms with Gasteiger partial charge in [-0.15, -0.1) is 0 Å². The fourth-order valence-electron chi connectivity index (χ4n) is 4.09. The lowest BCUT2D eigenvalue weighted by Crippen LogP contribution is -2.46. The van der Waals surface area contributed by atoms with Gasteiger partial charge in [0.05, 0.1) is 21.6 Å². The van der Waals surface area contributed by atoms with Crippen molar-refractivity contribution < 1.29 is 17.9 Å². The number of imidazole rings is 1. The molecule has 0 bridgehead atoms. The number of rotatable bonds is 7. The number of hydrogen-bond donors (Lipinski definition) is 0. The highest BCUT2D eigenvalue weighted by Gasteiger charge is 2.35. The van der Waals surface area contributed by atoms with E-state index in [0.717, 1.165) is 26.7 Å². The molecule has 36 heavy (non-hydrogen) atoms. The molecule has 4 rings (SSSR count). The number of nitrogens with zero attached hydrogens (tertiary/aromatic N) is 3. The smallest absolute Gasteiger partial charge is 0.330 e. The van der Waals surface area contributed by atoms with E-state index in [9.17, 15) is 13.2 Å². The number of hydrogen-bond acceptors (Lipinski definition) is 5. The maximum Gasteiger partial charge on any atom is 0.330 e. The summed E-state index contributed by atoms with van der Waals surface area (Å²) in [5, 5.41) is 0. The normalized spacial score (nSPS) is 12.9. The average molecular weight is 506 g/mol. The molecular formula is C28H31N3O4S. The van der Waals surface area contributed by atoms with Crippen LogP contribution in [0, 0.1) is 6.92 Å². The second-order valence-electron chi connectivity index (χ2n) is 9.72. The Bertz CT molecular complexity index is 1470. The fourth-order valence-corrected chi connectivity index (χ4v) is 5.70. The molecule has 0 saturated heterocycles. The van der Waals surface area contributed by atoms with Crippen LogP contribution in [-0.4, -0.2) is 35.6 Å². The van der Waals surface area contributed by atoms with Crippen molar-refractivity contribution in [1.29, 1.82) is 0 Å². The van der Waals surface area contributed by atoms with E-state index in [1.807, 2.05) is 31.2 Å². The van der Waals surface area contributed by atoms with E-state index in [-0.39, 0.29) is 4.90 Å². The van der Waals surface area contributed by atoms with Crippen LogP contribution in [0.15, 0.2) is 83.8 Å². The van der Waals surface area contributed by atoms with Gasteiger partial charge in [0.15, 0.2) is 0 Å². The number of sulfonamides is 1. The molecule has 1 atom stereocenters. The molecule has 0 fully saturated rings. The Morgan fingerprint density at radius 3 is 2.22 bits per heavy atom. The minimum atomic E-state index is -4.06. The molecule has 7 nitrogen and oxygen atoms in total. The minimum absolute atomic E-state index is 0.0951. The van der Waals surface area contributed by atoms with E-state index in [1.54, 1.807) is 82.3 Å². The molecule has 0 N–H and O–H groups in total. The molecular weight excluding hydrogens is 474 g/mol. The summed E-state index contributed by atoms with van der Waals surface area (Å²) >= 11 is 0. The maximum atomic E-state index is 13.8. The van der Waals surface area contributed by atoms with Gasteiger partial charge in [0.1, 0.15) is 17.5 Å². The topological polar surface area (TPSA) is 81.5 Å². The SMILES string of the molecule is Cc1nc2ccccc2n1Cc1ccc(S(=O)(=O)N(c2ccccc2)[C@@H](C)C(=O)OC(C)(C)C)cc1. The van der Waals surface area contributed by atoms with E-state index >= 15 is 0 Å². The molecule has 0 spiro atoms. The number of fused-ring (bicyclic) bond motifs is 1. The lowest BCUT2D eigenvalue weighted by Gasteiger charge is -2.31. The van der Waals surface area contributed by atoms with Crippen LogP contribution in [0.4, 0.5) is 5.69 Å². The summed E-state index contributed by atoms with van der Waals surface area (Å²) in [5.41, 5.74) is 2.53. The molecule has 0 amide bonds. The second kappa shape index (κ2) is 9.78. The van der Waals surface area contributed by atoms with Crippen LogP contribution in [0.5, 0.6) is 0 Å². The van der Waals surface area contributed by atoms with Gasteiger partial charge < -0.3 is 9.30 Å². The number of aromatic nitrogens is 2. The third kappa shape index (κ3) is 5.28. The molecule has 4 aromatic rings. The Labute approximate surface area is 212 Å². The summed E-state index contributed by atoms with van der Waals surface area (Å²) in [6.07, 6.45) is 0. The molecule has 0 radical (unpaired) electrons. The van der Waals surface area contributed by atoms with Crippen molar-refractivity contribution in [2.75, 3.05) is 4.31 Å². The Morgan fingerprint density at radius 1 is 0.972 bits per heavy atom. The van der Waals surface area contributed by atoms with Gasteiger partial charge in [0, 0.05) is 6.54 Å². The van der Waals surface area contributed by atoms with E-state index < -0.39 is 27.6 Å². The highest BCUT2D eigenvalue weighted by atomic mass is 32.2. The third-order valence-electron chi connectivity index (χ3n) is 5.78. The molecule has 188 valence electrons. The largest absolute Gasteiger partial charge is 0.458 e. The van der Waals surface area contributed by atoms with Gasteiger partial charge in [-0.3, -0.25) is 4.31 Å². The van der Waals surface area contributed by atoms with Crippen LogP contribution < -0.4 is 4.31 Å². The van der Waals surface area contributed by atoms with E-state index in [0.29, 0.717) is 12.2 Å². The standard InChI is InChI=1S/C28H31N3O4S/c1-20(27(32)35-28(3,4)5)31(23-11-7-6-8-12-23)36(33,34)24-17-15-22(16-18-24)19-30-21(2)29-25-13-9-10-14-26(25)30/h6-18,20H,19H2,1-5H3/t20-/m0/s1. The number of anilines is 1. The first-order chi connectivity index (χ1) is 17.0. The predicted octanol–water partition coefficient (Wildman–Crippen LogP) is 5.32. The van der Waals surface area contributed by atoms with Gasteiger partial charge in [-0.25, -0.2) is 18.2 Å². The zero-order valence-electron chi connectivity index (χ0n) is 21.2. The van der Waals surface area contributed by atoms with Gasteiger partial charge in [-0.1, -0.05) is 42.5 Å². The Morgan fingerprint density at radius 2 is 1.58 bits per heavy atom. The van der Waals surface area contributed by atoms with Crippen LogP contribution in [0.3, 0.4) is 0 Å². The lowest BCUT2D eigenvalue weighted by molar-refractivity contribution is -0.155. The molecule has 0 aliphatic rings. The average Bonchev–Trinajstić information content (AvgIpc) is 3.14. The fraction of sp³-hybridized carbons (Fsp3) is 0.286. The Balaban J connectivity index is 1.66. The van der Waals surface area contributed by atoms with Crippen molar-refractivity contribution >= 4 is 32.7 Å². The van der Waals surface area contributed by atoms with Crippen LogP contribution in [-0.2, 0) is 26.1 Å². The van der Waals surface area contributed by atoms with E-state index in [4.69, 9.17) is 4.74 Å². The van der Waals surface area contributed by atoms with Gasteiger partial charge in [0.25, 0.3) is 10.0 Å². The number of benzene rings is 3. The van der Waals surface area contributed by atoms with E-state index in [1.165, 1.54) is 0 Å². The molecule has 0 aliphatic heterocycles. The number of ether oxygens (including phenoxy) is 1. The number of esters is 1. The summed E-state index contributed by atoms with van der Waals surface area (Å²) in [7, 11) is -4.06. The van der Waals surface area contributed by atoms with Crippen LogP contribution in [0.25, 0.3) is 11.0 Å². The van der Waals surface area contributed by atoms with Crippen LogP contribution in [0.2, 0.25) is 0 Å². The van der Waals surface area contributed by atoms with Crippen molar-refractivity contribution in [3.63, 3.8) is 0 Å². The summed E-state index contributed by atoms with van der Waals surface area (Å²) in [6, 6.07) is 22.2. The first kappa shape index (κ1) is 25.4. The van der Waals surface area contributed by atoms with Gasteiger partial charge in [-0.2, -0.15) is 0 Å². The predicted molar refractivity (Wildman–Crippen MR) is 141 cm³/mol. The van der Waals surface area contributed by atoms with Crippen LogP contribution >= 0.6 is 0 Å². The highest BCUT2D eigenvalue weighted by Crippen LogP contribution is 2.28. The van der Waals surface area contributed by atoms with Crippen molar-refractivity contribution in [2.45, 2.75) is 57.7 Å². The second-order valence-corrected chi connectivity index (χ2v) is 11.5. The molecule has 1 aromatic heterocycles. The molecule has 8 heteroatoms. The number of para-hydroxylation sites is 3. The van der Waals surface area contributed by atoms with E-state index in [2.05, 4.69) is 9.55 Å². The third-order valence-corrected chi connectivity index (χ3v) is 7.69. The minimum Gasteiger partial charge on any atom is -0.458 e. The molecule has 0 saturated carbocycles. The quantitative estimate of drug-likeness (QED) is 0.318. The van der Waals surface area contributed by atoms with Crippen LogP contribution in [0.1, 0.15) is 39.1 Å². The summed E-state index contributed by atoms with van der Waals surface area (Å²) in [6.45, 7) is 9.31. The number of aryl methyl sites for hydroxylation is 1. The summed E-state index contributed by atoms with van der Waals surface area (Å²) < 4.78 is 36.3. The van der Waals surface area contributed by atoms with Crippen molar-refractivity contribution in [1.82, 2.24) is 9.55 Å². The van der Waals surface area contributed by atoms with Gasteiger partial charge in [0.2, 0.25) is 0 Å². The number of carbonyl (C=O) groups excluding carboxylic acids is 1. The van der Waals surface area contributed by atoms with Gasteiger partial charge >= 0.3 is 5.97 Å². The lowest BCUT2D eigenvalue weighted by atomic mass is 10.2. The molecule has 0 aliphatic carbocycles. The zero-order chi connectivity index (χ0) is 26.1. The monoisotopic (exact) mass is 505 g/mol. The van der Waals surface area contributed by atoms with Gasteiger partial charge in [-0.05, 0) is 76.6 Å². The van der Waals surface area contributed by atoms with Crippen molar-refractivity contribution in [3.8, 4) is 0 Å². The van der Waals surface area contributed by atoms with Crippen molar-refractivity contribution in [2.24, 2.45) is 0 Å². The summed E-state index contributed by atoms with van der Waals surface area (Å²) in [5.74, 6) is 0.267. The first-order valence-corrected chi connectivity index (χ1v) is 13.2. The Kier molecular flexibility index (Phi) is 6.91. The highest BCUT2D eigenvalue weighted by molar-refractivity contribution is 7.92. The molecule has 0 unspecified atom stereocenters. The number of carbonyl (C=O) groups is 1.